The van der Waals surface area contributed by atoms with Crippen LogP contribution in [-0.4, -0.2) is 28.6 Å². The Morgan fingerprint density at radius 2 is 2.05 bits per heavy atom. The van der Waals surface area contributed by atoms with Crippen molar-refractivity contribution in [2.45, 2.75) is 40.3 Å². The molecule has 0 saturated heterocycles. The predicted molar refractivity (Wildman–Crippen MR) is 74.8 cm³/mol. The maximum absolute atomic E-state index is 11.8. The molecule has 0 fully saturated rings. The van der Waals surface area contributed by atoms with Gasteiger partial charge in [0.05, 0.1) is 11.7 Å². The molecule has 0 aromatic carbocycles. The van der Waals surface area contributed by atoms with Gasteiger partial charge in [0, 0.05) is 18.8 Å². The molecule has 1 amide bonds. The smallest absolute Gasteiger partial charge is 0.236 e. The van der Waals surface area contributed by atoms with Crippen LogP contribution < -0.4 is 10.6 Å². The normalized spacial score (nSPS) is 12.5. The summed E-state index contributed by atoms with van der Waals surface area (Å²) in [5, 5.41) is 15.6. The lowest BCUT2D eigenvalue weighted by Gasteiger charge is -2.15. The molecule has 0 aliphatic heterocycles. The number of nitrogens with zero attached hydrogens (tertiary/aromatic N) is 1. The summed E-state index contributed by atoms with van der Waals surface area (Å²) < 4.78 is 0. The largest absolute Gasteiger partial charge is 0.506 e. The van der Waals surface area contributed by atoms with Crippen molar-refractivity contribution in [1.82, 2.24) is 15.6 Å². The number of aryl methyl sites for hydroxylation is 1. The Kier molecular flexibility index (Phi) is 5.76. The van der Waals surface area contributed by atoms with Gasteiger partial charge in [-0.05, 0) is 31.9 Å². The van der Waals surface area contributed by atoms with Crippen LogP contribution in [0.25, 0.3) is 0 Å². The number of carbonyl (C=O) groups excluding carboxylic acids is 1. The van der Waals surface area contributed by atoms with Crippen LogP contribution in [-0.2, 0) is 11.3 Å². The van der Waals surface area contributed by atoms with Gasteiger partial charge in [-0.25, -0.2) is 0 Å². The van der Waals surface area contributed by atoms with Crippen molar-refractivity contribution in [2.75, 3.05) is 6.54 Å². The molecular formula is C14H23N3O2. The Labute approximate surface area is 114 Å². The molecular weight excluding hydrogens is 242 g/mol. The van der Waals surface area contributed by atoms with Crippen molar-refractivity contribution in [3.8, 4) is 5.75 Å². The third-order valence-corrected chi connectivity index (χ3v) is 2.74. The lowest BCUT2D eigenvalue weighted by atomic mass is 10.2. The van der Waals surface area contributed by atoms with Gasteiger partial charge < -0.3 is 15.7 Å². The van der Waals surface area contributed by atoms with Crippen LogP contribution in [0.15, 0.2) is 12.1 Å². The van der Waals surface area contributed by atoms with Crippen LogP contribution >= 0.6 is 0 Å². The fourth-order valence-corrected chi connectivity index (χ4v) is 1.53. The second-order valence-corrected chi connectivity index (χ2v) is 5.16. The number of amides is 1. The van der Waals surface area contributed by atoms with E-state index in [9.17, 15) is 9.90 Å². The second-order valence-electron chi connectivity index (χ2n) is 5.16. The van der Waals surface area contributed by atoms with E-state index < -0.39 is 0 Å². The van der Waals surface area contributed by atoms with E-state index >= 15 is 0 Å². The van der Waals surface area contributed by atoms with Crippen molar-refractivity contribution in [3.63, 3.8) is 0 Å². The van der Waals surface area contributed by atoms with E-state index in [1.54, 1.807) is 19.1 Å². The Morgan fingerprint density at radius 3 is 2.68 bits per heavy atom. The van der Waals surface area contributed by atoms with Crippen LogP contribution in [0.3, 0.4) is 0 Å². The highest BCUT2D eigenvalue weighted by Crippen LogP contribution is 2.14. The quantitative estimate of drug-likeness (QED) is 0.726. The van der Waals surface area contributed by atoms with E-state index in [0.29, 0.717) is 24.7 Å². The van der Waals surface area contributed by atoms with Crippen LogP contribution in [0.2, 0.25) is 0 Å². The molecule has 1 aromatic rings. The lowest BCUT2D eigenvalue weighted by molar-refractivity contribution is -0.122. The number of aromatic hydroxyl groups is 1. The summed E-state index contributed by atoms with van der Waals surface area (Å²) in [6.45, 7) is 8.78. The Hall–Kier alpha value is -1.62. The molecule has 1 aromatic heterocycles. The molecule has 0 spiro atoms. The van der Waals surface area contributed by atoms with E-state index in [4.69, 9.17) is 0 Å². The molecule has 3 N–H and O–H groups in total. The number of rotatable bonds is 6. The maximum Gasteiger partial charge on any atom is 0.236 e. The van der Waals surface area contributed by atoms with Gasteiger partial charge in [0.2, 0.25) is 5.91 Å². The third-order valence-electron chi connectivity index (χ3n) is 2.74. The molecule has 1 rings (SSSR count). The highest BCUT2D eigenvalue weighted by Gasteiger charge is 2.13. The van der Waals surface area contributed by atoms with Gasteiger partial charge in [-0.1, -0.05) is 13.8 Å². The Morgan fingerprint density at radius 1 is 1.37 bits per heavy atom. The maximum atomic E-state index is 11.8. The first-order chi connectivity index (χ1) is 8.90. The first-order valence-electron chi connectivity index (χ1n) is 6.56. The van der Waals surface area contributed by atoms with Crippen molar-refractivity contribution >= 4 is 5.91 Å². The third kappa shape index (κ3) is 5.26. The van der Waals surface area contributed by atoms with Crippen LogP contribution in [0.4, 0.5) is 0 Å². The van der Waals surface area contributed by atoms with Gasteiger partial charge in [0.1, 0.15) is 5.75 Å². The molecule has 5 heteroatoms. The van der Waals surface area contributed by atoms with Crippen molar-refractivity contribution < 1.29 is 9.90 Å². The minimum Gasteiger partial charge on any atom is -0.506 e. The molecule has 5 nitrogen and oxygen atoms in total. The molecule has 0 radical (unpaired) electrons. The lowest BCUT2D eigenvalue weighted by Crippen LogP contribution is -2.43. The summed E-state index contributed by atoms with van der Waals surface area (Å²) in [6.07, 6.45) is 0. The van der Waals surface area contributed by atoms with Gasteiger partial charge in [-0.15, -0.1) is 0 Å². The summed E-state index contributed by atoms with van der Waals surface area (Å²) in [6, 6.07) is 3.04. The topological polar surface area (TPSA) is 74.2 Å². The number of pyridine rings is 1. The van der Waals surface area contributed by atoms with E-state index in [2.05, 4.69) is 15.6 Å². The summed E-state index contributed by atoms with van der Waals surface area (Å²) in [5.74, 6) is 0.535. The van der Waals surface area contributed by atoms with Crippen molar-refractivity contribution in [3.05, 3.63) is 23.5 Å². The number of nitrogens with one attached hydrogen (secondary N) is 2. The molecule has 0 aliphatic rings. The van der Waals surface area contributed by atoms with E-state index in [1.807, 2.05) is 20.8 Å². The number of hydrogen-bond donors (Lipinski definition) is 3. The average Bonchev–Trinajstić information content (AvgIpc) is 2.36. The molecule has 0 saturated carbocycles. The number of hydrogen-bond acceptors (Lipinski definition) is 4. The van der Waals surface area contributed by atoms with Crippen LogP contribution in [0, 0.1) is 12.8 Å². The zero-order valence-corrected chi connectivity index (χ0v) is 12.0. The van der Waals surface area contributed by atoms with Crippen LogP contribution in [0.5, 0.6) is 5.75 Å². The highest BCUT2D eigenvalue weighted by atomic mass is 16.3. The number of aromatic nitrogens is 1. The van der Waals surface area contributed by atoms with Gasteiger partial charge in [-0.2, -0.15) is 0 Å². The monoisotopic (exact) mass is 265 g/mol. The fraction of sp³-hybridized carbons (Fsp3) is 0.571. The minimum atomic E-state index is -0.319. The summed E-state index contributed by atoms with van der Waals surface area (Å²) in [4.78, 5) is 16.0. The van der Waals surface area contributed by atoms with E-state index in [0.717, 1.165) is 5.69 Å². The molecule has 1 heterocycles. The molecule has 0 bridgehead atoms. The molecule has 19 heavy (non-hydrogen) atoms. The SMILES string of the molecule is Cc1ccc(O)c(CNC(C)C(=O)NCC(C)C)n1. The molecule has 0 aliphatic carbocycles. The summed E-state index contributed by atoms with van der Waals surface area (Å²) in [7, 11) is 0. The first kappa shape index (κ1) is 15.4. The zero-order chi connectivity index (χ0) is 14.4. The molecule has 106 valence electrons. The fourth-order valence-electron chi connectivity index (χ4n) is 1.53. The van der Waals surface area contributed by atoms with E-state index in [-0.39, 0.29) is 17.7 Å². The van der Waals surface area contributed by atoms with Crippen LogP contribution in [0.1, 0.15) is 32.2 Å². The summed E-state index contributed by atoms with van der Waals surface area (Å²) in [5.41, 5.74) is 1.40. The standard InChI is InChI=1S/C14H23N3O2/c1-9(2)7-16-14(19)11(4)15-8-12-13(18)6-5-10(3)17-12/h5-6,9,11,15,18H,7-8H2,1-4H3,(H,16,19). The number of carbonyl (C=O) groups is 1. The average molecular weight is 265 g/mol. The van der Waals surface area contributed by atoms with Gasteiger partial charge in [0.15, 0.2) is 0 Å². The predicted octanol–water partition coefficient (Wildman–Crippen LogP) is 1.35. The molecule has 1 atom stereocenters. The van der Waals surface area contributed by atoms with Gasteiger partial charge in [0.25, 0.3) is 0 Å². The Balaban J connectivity index is 2.47. The highest BCUT2D eigenvalue weighted by molar-refractivity contribution is 5.81. The van der Waals surface area contributed by atoms with Crippen molar-refractivity contribution in [1.29, 1.82) is 0 Å². The molecule has 1 unspecified atom stereocenters. The van der Waals surface area contributed by atoms with Gasteiger partial charge in [-0.3, -0.25) is 9.78 Å². The Bertz CT molecular complexity index is 433. The summed E-state index contributed by atoms with van der Waals surface area (Å²) >= 11 is 0. The second kappa shape index (κ2) is 7.09. The van der Waals surface area contributed by atoms with E-state index in [1.165, 1.54) is 0 Å². The van der Waals surface area contributed by atoms with Gasteiger partial charge >= 0.3 is 0 Å². The zero-order valence-electron chi connectivity index (χ0n) is 12.0. The van der Waals surface area contributed by atoms with Crippen molar-refractivity contribution in [2.24, 2.45) is 5.92 Å². The minimum absolute atomic E-state index is 0.0409. The first-order valence-corrected chi connectivity index (χ1v) is 6.56.